The number of fused-ring (bicyclic) bond motifs is 1. The van der Waals surface area contributed by atoms with Gasteiger partial charge in [0.2, 0.25) is 0 Å². The highest BCUT2D eigenvalue weighted by Crippen LogP contribution is 2.30. The lowest BCUT2D eigenvalue weighted by Crippen LogP contribution is -2.12. The van der Waals surface area contributed by atoms with Crippen LogP contribution in [0.25, 0.3) is 22.2 Å². The molecule has 4 rings (SSSR count). The molecule has 0 spiro atoms. The number of hydrogen-bond acceptors (Lipinski definition) is 5. The summed E-state index contributed by atoms with van der Waals surface area (Å²) in [5.74, 6) is 0.0360. The third-order valence-corrected chi connectivity index (χ3v) is 4.61. The number of H-pyrrole nitrogens is 1. The highest BCUT2D eigenvalue weighted by atomic mass is 19.1. The fourth-order valence-corrected chi connectivity index (χ4v) is 3.19. The van der Waals surface area contributed by atoms with E-state index in [-0.39, 0.29) is 5.56 Å². The molecule has 8 heteroatoms. The molecule has 0 amide bonds. The van der Waals surface area contributed by atoms with E-state index in [1.807, 2.05) is 0 Å². The lowest BCUT2D eigenvalue weighted by atomic mass is 10.1. The number of aromatic nitrogens is 3. The van der Waals surface area contributed by atoms with Gasteiger partial charge in [0.05, 0.1) is 30.8 Å². The van der Waals surface area contributed by atoms with Crippen molar-refractivity contribution in [3.8, 4) is 22.8 Å². The van der Waals surface area contributed by atoms with Crippen LogP contribution < -0.4 is 15.0 Å². The predicted molar refractivity (Wildman–Crippen MR) is 108 cm³/mol. The zero-order valence-electron chi connectivity index (χ0n) is 16.2. The molecule has 0 saturated heterocycles. The Kier molecular flexibility index (Phi) is 5.14. The number of hydrogen-bond donors (Lipinski definition) is 1. The smallest absolute Gasteiger partial charge is 0.258 e. The Bertz CT molecular complexity index is 1270. The van der Waals surface area contributed by atoms with Gasteiger partial charge in [-0.2, -0.15) is 0 Å². The van der Waals surface area contributed by atoms with Crippen molar-refractivity contribution in [2.75, 3.05) is 14.2 Å². The largest absolute Gasteiger partial charge is 0.493 e. The number of benzene rings is 2. The van der Waals surface area contributed by atoms with Crippen LogP contribution in [0.3, 0.4) is 0 Å². The van der Waals surface area contributed by atoms with Gasteiger partial charge in [-0.3, -0.25) is 9.78 Å². The molecule has 0 atom stereocenters. The second kappa shape index (κ2) is 7.90. The summed E-state index contributed by atoms with van der Waals surface area (Å²) in [7, 11) is 3.00. The van der Waals surface area contributed by atoms with Gasteiger partial charge in [-0.05, 0) is 29.8 Å². The van der Waals surface area contributed by atoms with E-state index in [0.29, 0.717) is 45.9 Å². The lowest BCUT2D eigenvalue weighted by Gasteiger charge is -2.09. The molecule has 0 aliphatic heterocycles. The summed E-state index contributed by atoms with van der Waals surface area (Å²) in [5, 5.41) is 0.387. The number of nitrogens with one attached hydrogen (secondary N) is 1. The SMILES string of the molecule is COc1cc2nc(Cc3ccc(-c4cc(F)cc(F)c4)nc3)[nH]c(=O)c2cc1OC. The Labute approximate surface area is 170 Å². The van der Waals surface area contributed by atoms with Gasteiger partial charge < -0.3 is 14.5 Å². The van der Waals surface area contributed by atoms with Gasteiger partial charge in [-0.1, -0.05) is 6.07 Å². The summed E-state index contributed by atoms with van der Waals surface area (Å²) in [6, 6.07) is 9.90. The van der Waals surface area contributed by atoms with Crippen molar-refractivity contribution in [2.45, 2.75) is 6.42 Å². The van der Waals surface area contributed by atoms with Crippen LogP contribution in [-0.2, 0) is 6.42 Å². The van der Waals surface area contributed by atoms with Gasteiger partial charge in [0.15, 0.2) is 11.5 Å². The van der Waals surface area contributed by atoms with E-state index in [9.17, 15) is 13.6 Å². The number of ether oxygens (including phenoxy) is 2. The minimum Gasteiger partial charge on any atom is -0.493 e. The standard InChI is InChI=1S/C22H17F2N3O3/c1-29-19-9-16-18(10-20(19)30-2)26-21(27-22(16)28)5-12-3-4-17(25-11-12)13-6-14(23)8-15(24)7-13/h3-4,6-11H,5H2,1-2H3,(H,26,27,28). The van der Waals surface area contributed by atoms with Crippen LogP contribution in [0.4, 0.5) is 8.78 Å². The van der Waals surface area contributed by atoms with E-state index in [0.717, 1.165) is 11.6 Å². The Balaban J connectivity index is 1.64. The van der Waals surface area contributed by atoms with E-state index in [2.05, 4.69) is 15.0 Å². The number of nitrogens with zero attached hydrogens (tertiary/aromatic N) is 2. The fourth-order valence-electron chi connectivity index (χ4n) is 3.19. The Morgan fingerprint density at radius 1 is 0.967 bits per heavy atom. The third-order valence-electron chi connectivity index (χ3n) is 4.61. The maximum absolute atomic E-state index is 13.4. The van der Waals surface area contributed by atoms with E-state index >= 15 is 0 Å². The molecular weight excluding hydrogens is 392 g/mol. The van der Waals surface area contributed by atoms with Crippen molar-refractivity contribution < 1.29 is 18.3 Å². The molecule has 0 aliphatic carbocycles. The molecule has 152 valence electrons. The van der Waals surface area contributed by atoms with Crippen LogP contribution in [0.1, 0.15) is 11.4 Å². The molecule has 1 N–H and O–H groups in total. The number of halogens is 2. The summed E-state index contributed by atoms with van der Waals surface area (Å²) >= 11 is 0. The van der Waals surface area contributed by atoms with Crippen LogP contribution in [0.15, 0.2) is 53.5 Å². The highest BCUT2D eigenvalue weighted by molar-refractivity contribution is 5.81. The number of pyridine rings is 1. The quantitative estimate of drug-likeness (QED) is 0.542. The minimum absolute atomic E-state index is 0.296. The first-order chi connectivity index (χ1) is 14.5. The van der Waals surface area contributed by atoms with Crippen molar-refractivity contribution in [3.63, 3.8) is 0 Å². The lowest BCUT2D eigenvalue weighted by molar-refractivity contribution is 0.355. The summed E-state index contributed by atoms with van der Waals surface area (Å²) in [6.07, 6.45) is 1.90. The van der Waals surface area contributed by atoms with Crippen LogP contribution in [0.2, 0.25) is 0 Å². The molecule has 6 nitrogen and oxygen atoms in total. The van der Waals surface area contributed by atoms with Crippen LogP contribution in [0.5, 0.6) is 11.5 Å². The molecule has 0 radical (unpaired) electrons. The second-order valence-corrected chi connectivity index (χ2v) is 6.62. The highest BCUT2D eigenvalue weighted by Gasteiger charge is 2.12. The molecular formula is C22H17F2N3O3. The van der Waals surface area contributed by atoms with Crippen molar-refractivity contribution in [3.05, 3.63) is 82.0 Å². The van der Waals surface area contributed by atoms with Crippen LogP contribution in [0, 0.1) is 11.6 Å². The summed E-state index contributed by atoms with van der Waals surface area (Å²) in [6.45, 7) is 0. The Hall–Kier alpha value is -3.81. The van der Waals surface area contributed by atoms with Crippen molar-refractivity contribution in [2.24, 2.45) is 0 Å². The number of aromatic amines is 1. The van der Waals surface area contributed by atoms with Gasteiger partial charge in [0.1, 0.15) is 17.5 Å². The molecule has 0 unspecified atom stereocenters. The van der Waals surface area contributed by atoms with Gasteiger partial charge in [-0.25, -0.2) is 13.8 Å². The molecule has 0 aliphatic rings. The minimum atomic E-state index is -0.666. The second-order valence-electron chi connectivity index (χ2n) is 6.62. The zero-order valence-corrected chi connectivity index (χ0v) is 16.2. The molecule has 2 aromatic carbocycles. The predicted octanol–water partition coefficient (Wildman–Crippen LogP) is 3.87. The molecule has 4 aromatic rings. The van der Waals surface area contributed by atoms with Crippen molar-refractivity contribution in [1.29, 1.82) is 0 Å². The topological polar surface area (TPSA) is 77.1 Å². The Morgan fingerprint density at radius 2 is 1.67 bits per heavy atom. The summed E-state index contributed by atoms with van der Waals surface area (Å²) in [5.41, 5.74) is 1.74. The average molecular weight is 409 g/mol. The molecule has 2 aromatic heterocycles. The van der Waals surface area contributed by atoms with Crippen LogP contribution >= 0.6 is 0 Å². The Morgan fingerprint density at radius 3 is 2.30 bits per heavy atom. The average Bonchev–Trinajstić information content (AvgIpc) is 2.72. The van der Waals surface area contributed by atoms with Crippen molar-refractivity contribution >= 4 is 10.9 Å². The fraction of sp³-hybridized carbons (Fsp3) is 0.136. The normalized spacial score (nSPS) is 10.9. The zero-order chi connectivity index (χ0) is 21.3. The number of rotatable bonds is 5. The van der Waals surface area contributed by atoms with Gasteiger partial charge in [-0.15, -0.1) is 0 Å². The van der Waals surface area contributed by atoms with Gasteiger partial charge >= 0.3 is 0 Å². The van der Waals surface area contributed by atoms with E-state index in [1.165, 1.54) is 26.4 Å². The summed E-state index contributed by atoms with van der Waals surface area (Å²) < 4.78 is 37.3. The molecule has 0 fully saturated rings. The monoisotopic (exact) mass is 409 g/mol. The third kappa shape index (κ3) is 3.84. The van der Waals surface area contributed by atoms with E-state index < -0.39 is 11.6 Å². The molecule has 2 heterocycles. The van der Waals surface area contributed by atoms with Gasteiger partial charge in [0.25, 0.3) is 5.56 Å². The molecule has 30 heavy (non-hydrogen) atoms. The first-order valence-corrected chi connectivity index (χ1v) is 9.03. The van der Waals surface area contributed by atoms with Gasteiger partial charge in [0, 0.05) is 30.3 Å². The maximum atomic E-state index is 13.4. The van der Waals surface area contributed by atoms with E-state index in [1.54, 1.807) is 30.5 Å². The maximum Gasteiger partial charge on any atom is 0.258 e. The van der Waals surface area contributed by atoms with Crippen LogP contribution in [-0.4, -0.2) is 29.2 Å². The summed E-state index contributed by atoms with van der Waals surface area (Å²) in [4.78, 5) is 24.0. The van der Waals surface area contributed by atoms with E-state index in [4.69, 9.17) is 9.47 Å². The van der Waals surface area contributed by atoms with Crippen molar-refractivity contribution in [1.82, 2.24) is 15.0 Å². The molecule has 0 saturated carbocycles. The molecule has 0 bridgehead atoms. The number of methoxy groups -OCH3 is 2. The first-order valence-electron chi connectivity index (χ1n) is 9.03. The first kappa shape index (κ1) is 19.5.